The molecule has 0 aliphatic carbocycles. The molecular weight excluding hydrogens is 186 g/mol. The molecule has 0 radical (unpaired) electrons. The van der Waals surface area contributed by atoms with E-state index < -0.39 is 0 Å². The summed E-state index contributed by atoms with van der Waals surface area (Å²) < 4.78 is 0. The van der Waals surface area contributed by atoms with Gasteiger partial charge in [-0.3, -0.25) is 4.79 Å². The number of nitrogens with zero attached hydrogens (tertiary/aromatic N) is 3. The van der Waals surface area contributed by atoms with E-state index in [-0.39, 0.29) is 11.7 Å². The Morgan fingerprint density at radius 2 is 2.62 bits per heavy atom. The summed E-state index contributed by atoms with van der Waals surface area (Å²) in [6.07, 6.45) is 2.53. The number of aryl methyl sites for hydroxylation is 1. The van der Waals surface area contributed by atoms with Crippen molar-refractivity contribution >= 4 is 17.5 Å². The Labute approximate surface area is 80.7 Å². The number of carbonyl (C=O) groups excluding carboxylic acids is 1. The van der Waals surface area contributed by atoms with E-state index in [4.69, 9.17) is 0 Å². The lowest BCUT2D eigenvalue weighted by Crippen LogP contribution is -2.14. The summed E-state index contributed by atoms with van der Waals surface area (Å²) in [6.45, 7) is 0. The SMILES string of the molecule is Cn1ncc(C(=O)C2CCSC2)n1. The Morgan fingerprint density at radius 1 is 1.77 bits per heavy atom. The molecule has 1 aliphatic rings. The third-order valence-electron chi connectivity index (χ3n) is 2.15. The molecule has 0 saturated carbocycles. The van der Waals surface area contributed by atoms with Crippen molar-refractivity contribution < 1.29 is 4.79 Å². The van der Waals surface area contributed by atoms with Gasteiger partial charge < -0.3 is 0 Å². The van der Waals surface area contributed by atoms with Crippen molar-refractivity contribution in [1.82, 2.24) is 15.0 Å². The highest BCUT2D eigenvalue weighted by molar-refractivity contribution is 7.99. The monoisotopic (exact) mass is 197 g/mol. The highest BCUT2D eigenvalue weighted by Crippen LogP contribution is 2.25. The van der Waals surface area contributed by atoms with Crippen LogP contribution in [0.2, 0.25) is 0 Å². The smallest absolute Gasteiger partial charge is 0.188 e. The molecule has 0 amide bonds. The number of Topliss-reactive ketones (excluding diaryl/α,β-unsaturated/α-hetero) is 1. The topological polar surface area (TPSA) is 47.8 Å². The van der Waals surface area contributed by atoms with Crippen LogP contribution in [-0.2, 0) is 7.05 Å². The standard InChI is InChI=1S/C8H11N3OS/c1-11-9-4-7(10-11)8(12)6-2-3-13-5-6/h4,6H,2-3,5H2,1H3. The van der Waals surface area contributed by atoms with E-state index in [9.17, 15) is 4.79 Å². The van der Waals surface area contributed by atoms with E-state index in [0.29, 0.717) is 5.69 Å². The Morgan fingerprint density at radius 3 is 3.15 bits per heavy atom. The second-order valence-electron chi connectivity index (χ2n) is 3.14. The van der Waals surface area contributed by atoms with Crippen molar-refractivity contribution in [2.24, 2.45) is 13.0 Å². The normalized spacial score (nSPS) is 22.1. The minimum absolute atomic E-state index is 0.151. The predicted molar refractivity (Wildman–Crippen MR) is 50.8 cm³/mol. The summed E-state index contributed by atoms with van der Waals surface area (Å²) in [5, 5.41) is 7.89. The maximum Gasteiger partial charge on any atom is 0.188 e. The fourth-order valence-corrected chi connectivity index (χ4v) is 2.63. The van der Waals surface area contributed by atoms with Gasteiger partial charge >= 0.3 is 0 Å². The highest BCUT2D eigenvalue weighted by Gasteiger charge is 2.25. The largest absolute Gasteiger partial charge is 0.292 e. The van der Waals surface area contributed by atoms with Crippen molar-refractivity contribution in [2.45, 2.75) is 6.42 Å². The van der Waals surface area contributed by atoms with Gasteiger partial charge in [0.2, 0.25) is 0 Å². The van der Waals surface area contributed by atoms with Crippen molar-refractivity contribution in [3.63, 3.8) is 0 Å². The van der Waals surface area contributed by atoms with Gasteiger partial charge in [-0.1, -0.05) is 0 Å². The number of aromatic nitrogens is 3. The van der Waals surface area contributed by atoms with Crippen molar-refractivity contribution in [1.29, 1.82) is 0 Å². The third kappa shape index (κ3) is 1.75. The summed E-state index contributed by atoms with van der Waals surface area (Å²) in [5.74, 6) is 2.35. The molecule has 4 nitrogen and oxygen atoms in total. The summed E-state index contributed by atoms with van der Waals surface area (Å²) in [5.41, 5.74) is 0.509. The molecule has 2 rings (SSSR count). The van der Waals surface area contributed by atoms with Crippen LogP contribution in [0.25, 0.3) is 0 Å². The zero-order chi connectivity index (χ0) is 9.26. The fraction of sp³-hybridized carbons (Fsp3) is 0.625. The molecule has 1 saturated heterocycles. The Balaban J connectivity index is 2.12. The molecular formula is C8H11N3OS. The lowest BCUT2D eigenvalue weighted by molar-refractivity contribution is 0.0928. The van der Waals surface area contributed by atoms with Crippen LogP contribution >= 0.6 is 11.8 Å². The predicted octanol–water partition coefficient (Wildman–Crippen LogP) is 0.751. The van der Waals surface area contributed by atoms with Gasteiger partial charge in [0, 0.05) is 18.7 Å². The van der Waals surface area contributed by atoms with Crippen molar-refractivity contribution in [3.8, 4) is 0 Å². The van der Waals surface area contributed by atoms with Gasteiger partial charge in [-0.2, -0.15) is 26.8 Å². The van der Waals surface area contributed by atoms with Gasteiger partial charge in [-0.05, 0) is 12.2 Å². The van der Waals surface area contributed by atoms with Crippen LogP contribution in [0.1, 0.15) is 16.9 Å². The molecule has 1 aromatic heterocycles. The molecule has 70 valence electrons. The van der Waals surface area contributed by atoms with E-state index >= 15 is 0 Å². The quantitative estimate of drug-likeness (QED) is 0.656. The van der Waals surface area contributed by atoms with Crippen LogP contribution in [0.15, 0.2) is 6.20 Å². The molecule has 0 N–H and O–H groups in total. The average Bonchev–Trinajstić information content (AvgIpc) is 2.72. The van der Waals surface area contributed by atoms with Crippen LogP contribution in [0.3, 0.4) is 0 Å². The van der Waals surface area contributed by atoms with Gasteiger partial charge in [0.15, 0.2) is 5.78 Å². The first-order valence-electron chi connectivity index (χ1n) is 4.25. The van der Waals surface area contributed by atoms with E-state index in [0.717, 1.165) is 17.9 Å². The first-order valence-corrected chi connectivity index (χ1v) is 5.41. The molecule has 0 spiro atoms. The van der Waals surface area contributed by atoms with Crippen LogP contribution in [0.4, 0.5) is 0 Å². The molecule has 1 atom stereocenters. The molecule has 1 aromatic rings. The second-order valence-corrected chi connectivity index (χ2v) is 4.29. The number of hydrogen-bond donors (Lipinski definition) is 0. The van der Waals surface area contributed by atoms with Gasteiger partial charge in [0.05, 0.1) is 6.20 Å². The van der Waals surface area contributed by atoms with Crippen molar-refractivity contribution in [2.75, 3.05) is 11.5 Å². The van der Waals surface area contributed by atoms with Crippen LogP contribution in [0, 0.1) is 5.92 Å². The maximum atomic E-state index is 11.7. The lowest BCUT2D eigenvalue weighted by Gasteiger charge is -2.02. The molecule has 1 aliphatic heterocycles. The molecule has 13 heavy (non-hydrogen) atoms. The zero-order valence-electron chi connectivity index (χ0n) is 7.43. The summed E-state index contributed by atoms with van der Waals surface area (Å²) in [7, 11) is 1.72. The third-order valence-corrected chi connectivity index (χ3v) is 3.31. The summed E-state index contributed by atoms with van der Waals surface area (Å²) >= 11 is 1.84. The summed E-state index contributed by atoms with van der Waals surface area (Å²) in [4.78, 5) is 13.2. The maximum absolute atomic E-state index is 11.7. The number of ketones is 1. The molecule has 1 unspecified atom stereocenters. The van der Waals surface area contributed by atoms with Crippen LogP contribution in [-0.4, -0.2) is 32.3 Å². The molecule has 5 heteroatoms. The number of hydrogen-bond acceptors (Lipinski definition) is 4. The number of thioether (sulfide) groups is 1. The minimum atomic E-state index is 0.151. The van der Waals surface area contributed by atoms with Crippen molar-refractivity contribution in [3.05, 3.63) is 11.9 Å². The van der Waals surface area contributed by atoms with Crippen LogP contribution in [0.5, 0.6) is 0 Å². The minimum Gasteiger partial charge on any atom is -0.292 e. The first-order chi connectivity index (χ1) is 6.27. The highest BCUT2D eigenvalue weighted by atomic mass is 32.2. The van der Waals surface area contributed by atoms with Gasteiger partial charge in [-0.15, -0.1) is 0 Å². The molecule has 0 bridgehead atoms. The van der Waals surface area contributed by atoms with Gasteiger partial charge in [0.25, 0.3) is 0 Å². The van der Waals surface area contributed by atoms with E-state index in [2.05, 4.69) is 10.2 Å². The van der Waals surface area contributed by atoms with E-state index in [1.54, 1.807) is 13.2 Å². The first kappa shape index (κ1) is 8.74. The summed E-state index contributed by atoms with van der Waals surface area (Å²) in [6, 6.07) is 0. The Bertz CT molecular complexity index is 317. The average molecular weight is 197 g/mol. The number of rotatable bonds is 2. The lowest BCUT2D eigenvalue weighted by atomic mass is 10.0. The van der Waals surface area contributed by atoms with Gasteiger partial charge in [0.1, 0.15) is 5.69 Å². The number of carbonyl (C=O) groups is 1. The zero-order valence-corrected chi connectivity index (χ0v) is 8.25. The fourth-order valence-electron chi connectivity index (χ4n) is 1.41. The molecule has 1 fully saturated rings. The molecule has 0 aromatic carbocycles. The van der Waals surface area contributed by atoms with Crippen LogP contribution < -0.4 is 0 Å². The Hall–Kier alpha value is -0.840. The van der Waals surface area contributed by atoms with Gasteiger partial charge in [-0.25, -0.2) is 0 Å². The molecule has 2 heterocycles. The van der Waals surface area contributed by atoms with E-state index in [1.165, 1.54) is 4.80 Å². The Kier molecular flexibility index (Phi) is 2.35. The van der Waals surface area contributed by atoms with E-state index in [1.807, 2.05) is 11.8 Å². The second kappa shape index (κ2) is 3.49.